The molecule has 78 valence electrons. The van der Waals surface area contributed by atoms with Crippen LogP contribution >= 0.6 is 0 Å². The van der Waals surface area contributed by atoms with Gasteiger partial charge in [0, 0.05) is 12.2 Å². The molecule has 0 amide bonds. The zero-order valence-corrected chi connectivity index (χ0v) is 7.74. The van der Waals surface area contributed by atoms with Gasteiger partial charge < -0.3 is 10.8 Å². The molecule has 7 heteroatoms. The van der Waals surface area contributed by atoms with E-state index in [2.05, 4.69) is 15.5 Å². The van der Waals surface area contributed by atoms with Gasteiger partial charge in [0.1, 0.15) is 0 Å². The van der Waals surface area contributed by atoms with Gasteiger partial charge in [-0.15, -0.1) is 5.10 Å². The predicted octanol–water partition coefficient (Wildman–Crippen LogP) is -0.401. The molecule has 0 aliphatic carbocycles. The van der Waals surface area contributed by atoms with Crippen molar-refractivity contribution in [2.75, 3.05) is 0 Å². The summed E-state index contributed by atoms with van der Waals surface area (Å²) in [5.74, 6) is -0.929. The Bertz CT molecular complexity index is 494. The molecule has 2 aromatic heterocycles. The van der Waals surface area contributed by atoms with Gasteiger partial charge in [-0.3, -0.25) is 4.79 Å². The Balaban J connectivity index is 2.30. The summed E-state index contributed by atoms with van der Waals surface area (Å²) in [4.78, 5) is 10.5. The molecule has 2 heterocycles. The fraction of sp³-hybridized carbons (Fsp3) is 0.250. The van der Waals surface area contributed by atoms with E-state index in [0.29, 0.717) is 11.2 Å². The summed E-state index contributed by atoms with van der Waals surface area (Å²) in [6.45, 7) is 0. The van der Waals surface area contributed by atoms with Crippen LogP contribution in [0.2, 0.25) is 0 Å². The quantitative estimate of drug-likeness (QED) is 0.709. The van der Waals surface area contributed by atoms with Gasteiger partial charge in [0.2, 0.25) is 0 Å². The van der Waals surface area contributed by atoms with Crippen LogP contribution in [0.5, 0.6) is 0 Å². The van der Waals surface area contributed by atoms with Crippen molar-refractivity contribution in [2.45, 2.75) is 12.5 Å². The lowest BCUT2D eigenvalue weighted by molar-refractivity contribution is -0.137. The molecule has 0 spiro atoms. The number of fused-ring (bicyclic) bond motifs is 1. The summed E-state index contributed by atoms with van der Waals surface area (Å²) in [7, 11) is 0. The number of nitrogens with two attached hydrogens (primary N) is 1. The molecule has 0 saturated heterocycles. The maximum atomic E-state index is 10.5. The maximum Gasteiger partial charge on any atom is 0.305 e. The average Bonchev–Trinajstić information content (AvgIpc) is 2.62. The van der Waals surface area contributed by atoms with E-state index in [1.54, 1.807) is 18.3 Å². The number of pyridine rings is 1. The number of hydrogen-bond donors (Lipinski definition) is 2. The summed E-state index contributed by atoms with van der Waals surface area (Å²) in [5.41, 5.74) is 6.95. The first kappa shape index (κ1) is 9.53. The Kier molecular flexibility index (Phi) is 2.30. The van der Waals surface area contributed by atoms with Crippen molar-refractivity contribution in [3.8, 4) is 0 Å². The van der Waals surface area contributed by atoms with Crippen LogP contribution in [-0.4, -0.2) is 31.1 Å². The van der Waals surface area contributed by atoms with E-state index in [9.17, 15) is 4.79 Å². The maximum absolute atomic E-state index is 10.5. The van der Waals surface area contributed by atoms with Crippen LogP contribution in [0.4, 0.5) is 0 Å². The first-order valence-electron chi connectivity index (χ1n) is 4.32. The topological polar surface area (TPSA) is 106 Å². The Morgan fingerprint density at radius 1 is 1.67 bits per heavy atom. The average molecular weight is 207 g/mol. The number of rotatable bonds is 3. The van der Waals surface area contributed by atoms with E-state index in [4.69, 9.17) is 10.8 Å². The second kappa shape index (κ2) is 3.62. The van der Waals surface area contributed by atoms with E-state index in [1.807, 2.05) is 0 Å². The summed E-state index contributed by atoms with van der Waals surface area (Å²) < 4.78 is 1.48. The van der Waals surface area contributed by atoms with Gasteiger partial charge in [-0.1, -0.05) is 0 Å². The molecule has 2 rings (SSSR count). The number of hydrogen-bond acceptors (Lipinski definition) is 5. The van der Waals surface area contributed by atoms with Crippen LogP contribution < -0.4 is 5.73 Å². The molecule has 1 unspecified atom stereocenters. The van der Waals surface area contributed by atoms with Crippen molar-refractivity contribution in [1.82, 2.24) is 20.0 Å². The predicted molar refractivity (Wildman–Crippen MR) is 50.0 cm³/mol. The minimum Gasteiger partial charge on any atom is -0.481 e. The highest BCUT2D eigenvalue weighted by atomic mass is 16.4. The Labute approximate surface area is 84.5 Å². The van der Waals surface area contributed by atoms with Gasteiger partial charge in [0.25, 0.3) is 0 Å². The number of aliphatic carboxylic acids is 1. The van der Waals surface area contributed by atoms with Crippen LogP contribution in [0, 0.1) is 0 Å². The van der Waals surface area contributed by atoms with E-state index in [1.165, 1.54) is 4.52 Å². The minimum atomic E-state index is -0.929. The van der Waals surface area contributed by atoms with E-state index >= 15 is 0 Å². The van der Waals surface area contributed by atoms with Crippen molar-refractivity contribution >= 4 is 11.6 Å². The molecular formula is C8H9N5O2. The van der Waals surface area contributed by atoms with E-state index < -0.39 is 12.0 Å². The second-order valence-electron chi connectivity index (χ2n) is 3.15. The number of tetrazole rings is 1. The Morgan fingerprint density at radius 3 is 3.20 bits per heavy atom. The summed E-state index contributed by atoms with van der Waals surface area (Å²) in [6.07, 6.45) is 1.53. The molecule has 0 aromatic carbocycles. The van der Waals surface area contributed by atoms with Crippen molar-refractivity contribution in [2.24, 2.45) is 5.73 Å². The number of carboxylic acid groups (broad SMARTS) is 1. The van der Waals surface area contributed by atoms with Crippen LogP contribution in [0.15, 0.2) is 18.3 Å². The summed E-state index contributed by atoms with van der Waals surface area (Å²) in [5, 5.41) is 19.5. The molecule has 0 aliphatic rings. The Hall–Kier alpha value is -2.02. The smallest absolute Gasteiger partial charge is 0.305 e. The second-order valence-corrected chi connectivity index (χ2v) is 3.15. The largest absolute Gasteiger partial charge is 0.481 e. The Morgan fingerprint density at radius 2 is 2.47 bits per heavy atom. The third-order valence-electron chi connectivity index (χ3n) is 2.04. The highest BCUT2D eigenvalue weighted by Gasteiger charge is 2.11. The normalized spacial score (nSPS) is 12.9. The van der Waals surface area contributed by atoms with Crippen molar-refractivity contribution in [3.63, 3.8) is 0 Å². The van der Waals surface area contributed by atoms with Crippen LogP contribution in [0.1, 0.15) is 18.0 Å². The highest BCUT2D eigenvalue weighted by Crippen LogP contribution is 2.14. The SMILES string of the molecule is NC(CC(=O)O)c1ccn2nnnc2c1. The van der Waals surface area contributed by atoms with Crippen LogP contribution in [0.3, 0.4) is 0 Å². The highest BCUT2D eigenvalue weighted by molar-refractivity contribution is 5.68. The number of carbonyl (C=O) groups is 1. The molecule has 0 saturated carbocycles. The third-order valence-corrected chi connectivity index (χ3v) is 2.04. The van der Waals surface area contributed by atoms with Gasteiger partial charge in [-0.2, -0.15) is 0 Å². The molecule has 0 bridgehead atoms. The third kappa shape index (κ3) is 1.91. The van der Waals surface area contributed by atoms with Gasteiger partial charge in [0.15, 0.2) is 5.65 Å². The van der Waals surface area contributed by atoms with E-state index in [0.717, 1.165) is 0 Å². The van der Waals surface area contributed by atoms with Crippen molar-refractivity contribution in [3.05, 3.63) is 23.9 Å². The lowest BCUT2D eigenvalue weighted by Gasteiger charge is -2.08. The van der Waals surface area contributed by atoms with Crippen molar-refractivity contribution < 1.29 is 9.90 Å². The fourth-order valence-corrected chi connectivity index (χ4v) is 1.29. The van der Waals surface area contributed by atoms with Gasteiger partial charge in [-0.25, -0.2) is 4.52 Å². The molecule has 2 aromatic rings. The van der Waals surface area contributed by atoms with E-state index in [-0.39, 0.29) is 6.42 Å². The molecule has 15 heavy (non-hydrogen) atoms. The lowest BCUT2D eigenvalue weighted by Crippen LogP contribution is -2.15. The van der Waals surface area contributed by atoms with Crippen LogP contribution in [0.25, 0.3) is 5.65 Å². The number of nitrogens with zero attached hydrogens (tertiary/aromatic N) is 4. The zero-order chi connectivity index (χ0) is 10.8. The molecule has 1 atom stereocenters. The molecule has 3 N–H and O–H groups in total. The first-order valence-corrected chi connectivity index (χ1v) is 4.32. The molecule has 0 aliphatic heterocycles. The summed E-state index contributed by atoms with van der Waals surface area (Å²) in [6, 6.07) is 2.84. The number of aromatic nitrogens is 4. The molecular weight excluding hydrogens is 198 g/mol. The van der Waals surface area contributed by atoms with Gasteiger partial charge >= 0.3 is 5.97 Å². The molecule has 0 radical (unpaired) electrons. The van der Waals surface area contributed by atoms with Gasteiger partial charge in [-0.05, 0) is 28.1 Å². The molecule has 7 nitrogen and oxygen atoms in total. The minimum absolute atomic E-state index is 0.113. The zero-order valence-electron chi connectivity index (χ0n) is 7.74. The first-order chi connectivity index (χ1) is 7.16. The van der Waals surface area contributed by atoms with Crippen LogP contribution in [-0.2, 0) is 4.79 Å². The van der Waals surface area contributed by atoms with Crippen molar-refractivity contribution in [1.29, 1.82) is 0 Å². The van der Waals surface area contributed by atoms with Gasteiger partial charge in [0.05, 0.1) is 6.42 Å². The fourth-order valence-electron chi connectivity index (χ4n) is 1.29. The summed E-state index contributed by atoms with van der Waals surface area (Å²) >= 11 is 0. The monoisotopic (exact) mass is 207 g/mol. The molecule has 0 fully saturated rings. The lowest BCUT2D eigenvalue weighted by atomic mass is 10.1. The number of carboxylic acids is 1. The standard InChI is InChI=1S/C8H9N5O2/c9-6(4-8(14)15)5-1-2-13-7(3-5)10-11-12-13/h1-3,6H,4,9H2,(H,14,15).